The molecule has 21 heavy (non-hydrogen) atoms. The Morgan fingerprint density at radius 2 is 1.76 bits per heavy atom. The van der Waals surface area contributed by atoms with Crippen molar-refractivity contribution in [2.75, 3.05) is 31.1 Å². The number of piperazine rings is 1. The first-order chi connectivity index (χ1) is 10.2. The van der Waals surface area contributed by atoms with Crippen molar-refractivity contribution in [1.29, 1.82) is 0 Å². The van der Waals surface area contributed by atoms with Crippen LogP contribution in [0.2, 0.25) is 5.15 Å². The number of halogens is 1. The summed E-state index contributed by atoms with van der Waals surface area (Å²) in [6.07, 6.45) is 3.44. The Balaban J connectivity index is 1.64. The molecule has 0 aliphatic carbocycles. The molecule has 0 aromatic carbocycles. The number of nitrogens with zero attached hydrogens (tertiary/aromatic N) is 5. The second kappa shape index (κ2) is 6.05. The van der Waals surface area contributed by atoms with E-state index in [2.05, 4.69) is 19.9 Å². The summed E-state index contributed by atoms with van der Waals surface area (Å²) in [5.41, 5.74) is 0.381. The van der Waals surface area contributed by atoms with E-state index in [1.54, 1.807) is 41.6 Å². The highest BCUT2D eigenvalue weighted by molar-refractivity contribution is 6.29. The molecule has 2 aromatic rings. The van der Waals surface area contributed by atoms with Crippen LogP contribution < -0.4 is 4.90 Å². The summed E-state index contributed by atoms with van der Waals surface area (Å²) in [4.78, 5) is 28.7. The van der Waals surface area contributed by atoms with Crippen molar-refractivity contribution in [2.45, 2.75) is 0 Å². The van der Waals surface area contributed by atoms with Crippen LogP contribution in [0.4, 0.5) is 5.95 Å². The molecule has 0 spiro atoms. The van der Waals surface area contributed by atoms with Crippen LogP contribution in [0.15, 0.2) is 36.7 Å². The van der Waals surface area contributed by atoms with Crippen molar-refractivity contribution in [1.82, 2.24) is 19.9 Å². The predicted octanol–water partition coefficient (Wildman–Crippen LogP) is 1.49. The maximum Gasteiger partial charge on any atom is 0.272 e. The van der Waals surface area contributed by atoms with Crippen LogP contribution in [-0.4, -0.2) is 51.9 Å². The zero-order chi connectivity index (χ0) is 14.7. The number of carbonyl (C=O) groups is 1. The molecule has 0 saturated carbocycles. The van der Waals surface area contributed by atoms with E-state index >= 15 is 0 Å². The predicted molar refractivity (Wildman–Crippen MR) is 79.4 cm³/mol. The number of hydrogen-bond donors (Lipinski definition) is 0. The van der Waals surface area contributed by atoms with Crippen molar-refractivity contribution < 1.29 is 4.79 Å². The highest BCUT2D eigenvalue weighted by Crippen LogP contribution is 2.13. The zero-order valence-electron chi connectivity index (χ0n) is 11.3. The summed E-state index contributed by atoms with van der Waals surface area (Å²) in [5, 5.41) is 0.331. The van der Waals surface area contributed by atoms with Crippen molar-refractivity contribution in [2.24, 2.45) is 0 Å². The number of pyridine rings is 1. The molecule has 3 rings (SSSR count). The molecule has 108 valence electrons. The molecule has 3 heterocycles. The first-order valence-corrected chi connectivity index (χ1v) is 7.05. The highest BCUT2D eigenvalue weighted by atomic mass is 35.5. The van der Waals surface area contributed by atoms with Crippen LogP contribution in [0.25, 0.3) is 0 Å². The molecule has 1 saturated heterocycles. The molecule has 1 amide bonds. The van der Waals surface area contributed by atoms with Crippen LogP contribution in [-0.2, 0) is 0 Å². The Hall–Kier alpha value is -2.21. The minimum absolute atomic E-state index is 0.0915. The van der Waals surface area contributed by atoms with E-state index in [4.69, 9.17) is 11.6 Å². The van der Waals surface area contributed by atoms with Crippen molar-refractivity contribution in [3.63, 3.8) is 0 Å². The van der Waals surface area contributed by atoms with Gasteiger partial charge >= 0.3 is 0 Å². The summed E-state index contributed by atoms with van der Waals surface area (Å²) in [7, 11) is 0. The standard InChI is InChI=1S/C14H14ClN5O/c15-12-4-1-3-11(18-12)13(21)19-7-9-20(10-8-19)14-16-5-2-6-17-14/h1-6H,7-10H2. The van der Waals surface area contributed by atoms with Gasteiger partial charge in [0.25, 0.3) is 5.91 Å². The van der Waals surface area contributed by atoms with E-state index in [1.165, 1.54) is 0 Å². The lowest BCUT2D eigenvalue weighted by molar-refractivity contribution is 0.0740. The van der Waals surface area contributed by atoms with Gasteiger partial charge in [-0.25, -0.2) is 15.0 Å². The molecular formula is C14H14ClN5O. The fourth-order valence-corrected chi connectivity index (χ4v) is 2.42. The third-order valence-corrected chi connectivity index (χ3v) is 3.55. The van der Waals surface area contributed by atoms with Gasteiger partial charge < -0.3 is 9.80 Å². The molecule has 6 nitrogen and oxygen atoms in total. The quantitative estimate of drug-likeness (QED) is 0.787. The maximum absolute atomic E-state index is 12.4. The summed E-state index contributed by atoms with van der Waals surface area (Å²) in [5.74, 6) is 0.608. The number of anilines is 1. The van der Waals surface area contributed by atoms with E-state index < -0.39 is 0 Å². The number of carbonyl (C=O) groups excluding carboxylic acids is 1. The van der Waals surface area contributed by atoms with E-state index in [0.717, 1.165) is 0 Å². The third-order valence-electron chi connectivity index (χ3n) is 3.34. The van der Waals surface area contributed by atoms with Crippen LogP contribution >= 0.6 is 11.6 Å². The topological polar surface area (TPSA) is 62.2 Å². The molecule has 0 atom stereocenters. The van der Waals surface area contributed by atoms with Crippen molar-refractivity contribution in [3.05, 3.63) is 47.5 Å². The molecule has 1 aliphatic rings. The van der Waals surface area contributed by atoms with Crippen molar-refractivity contribution >= 4 is 23.5 Å². The van der Waals surface area contributed by atoms with Gasteiger partial charge in [0.05, 0.1) is 0 Å². The monoisotopic (exact) mass is 303 g/mol. The van der Waals surface area contributed by atoms with Gasteiger partial charge in [-0.3, -0.25) is 4.79 Å². The Kier molecular flexibility index (Phi) is 3.96. The Morgan fingerprint density at radius 3 is 2.43 bits per heavy atom. The minimum Gasteiger partial charge on any atom is -0.337 e. The third kappa shape index (κ3) is 3.11. The summed E-state index contributed by atoms with van der Waals surface area (Å²) < 4.78 is 0. The molecule has 7 heteroatoms. The molecule has 0 N–H and O–H groups in total. The maximum atomic E-state index is 12.4. The first-order valence-electron chi connectivity index (χ1n) is 6.68. The second-order valence-corrected chi connectivity index (χ2v) is 5.06. The van der Waals surface area contributed by atoms with Gasteiger partial charge in [0.2, 0.25) is 5.95 Å². The van der Waals surface area contributed by atoms with E-state index in [9.17, 15) is 4.79 Å². The number of hydrogen-bond acceptors (Lipinski definition) is 5. The Labute approximate surface area is 127 Å². The van der Waals surface area contributed by atoms with Gasteiger partial charge in [0.1, 0.15) is 10.8 Å². The summed E-state index contributed by atoms with van der Waals surface area (Å²) in [6.45, 7) is 2.64. The largest absolute Gasteiger partial charge is 0.337 e. The number of aromatic nitrogens is 3. The zero-order valence-corrected chi connectivity index (χ0v) is 12.1. The van der Waals surface area contributed by atoms with E-state index in [0.29, 0.717) is 43.0 Å². The fourth-order valence-electron chi connectivity index (χ4n) is 2.25. The summed E-state index contributed by atoms with van der Waals surface area (Å²) >= 11 is 5.82. The Bertz CT molecular complexity index is 628. The average Bonchev–Trinajstić information content (AvgIpc) is 2.55. The lowest BCUT2D eigenvalue weighted by Crippen LogP contribution is -2.49. The van der Waals surface area contributed by atoms with Gasteiger partial charge in [-0.1, -0.05) is 17.7 Å². The van der Waals surface area contributed by atoms with Gasteiger partial charge in [-0.15, -0.1) is 0 Å². The van der Waals surface area contributed by atoms with Gasteiger partial charge in [0, 0.05) is 38.6 Å². The van der Waals surface area contributed by atoms with Gasteiger partial charge in [0.15, 0.2) is 0 Å². The highest BCUT2D eigenvalue weighted by Gasteiger charge is 2.24. The normalized spacial score (nSPS) is 15.1. The summed E-state index contributed by atoms with van der Waals surface area (Å²) in [6, 6.07) is 6.86. The number of rotatable bonds is 2. The average molecular weight is 304 g/mol. The molecule has 2 aromatic heterocycles. The second-order valence-electron chi connectivity index (χ2n) is 4.67. The SMILES string of the molecule is O=C(c1cccc(Cl)n1)N1CCN(c2ncccn2)CC1. The number of amides is 1. The first kappa shape index (κ1) is 13.8. The van der Waals surface area contributed by atoms with Gasteiger partial charge in [-0.05, 0) is 18.2 Å². The van der Waals surface area contributed by atoms with Crippen LogP contribution in [0.3, 0.4) is 0 Å². The van der Waals surface area contributed by atoms with Gasteiger partial charge in [-0.2, -0.15) is 0 Å². The van der Waals surface area contributed by atoms with Crippen LogP contribution in [0, 0.1) is 0 Å². The van der Waals surface area contributed by atoms with E-state index in [1.807, 2.05) is 0 Å². The fraction of sp³-hybridized carbons (Fsp3) is 0.286. The molecular weight excluding hydrogens is 290 g/mol. The van der Waals surface area contributed by atoms with Crippen LogP contribution in [0.5, 0.6) is 0 Å². The smallest absolute Gasteiger partial charge is 0.272 e. The lowest BCUT2D eigenvalue weighted by atomic mass is 10.2. The molecule has 0 radical (unpaired) electrons. The Morgan fingerprint density at radius 1 is 1.05 bits per heavy atom. The molecule has 1 fully saturated rings. The molecule has 0 bridgehead atoms. The van der Waals surface area contributed by atoms with E-state index in [-0.39, 0.29) is 5.91 Å². The lowest BCUT2D eigenvalue weighted by Gasteiger charge is -2.34. The minimum atomic E-state index is -0.0915. The molecule has 1 aliphatic heterocycles. The molecule has 0 unspecified atom stereocenters. The van der Waals surface area contributed by atoms with Crippen LogP contribution in [0.1, 0.15) is 10.5 Å². The van der Waals surface area contributed by atoms with Crippen molar-refractivity contribution in [3.8, 4) is 0 Å².